The molecule has 0 heterocycles. The molecule has 0 bridgehead atoms. The maximum Gasteiger partial charge on any atom is 0.253 e. The van der Waals surface area contributed by atoms with Crippen LogP contribution in [0.25, 0.3) is 0 Å². The number of rotatable bonds is 4. The third-order valence-electron chi connectivity index (χ3n) is 2.93. The average Bonchev–Trinajstić information content (AvgIpc) is 2.36. The number of amides is 1. The van der Waals surface area contributed by atoms with E-state index in [-0.39, 0.29) is 17.7 Å². The van der Waals surface area contributed by atoms with E-state index in [1.54, 1.807) is 37.1 Å². The van der Waals surface area contributed by atoms with Crippen LogP contribution in [-0.2, 0) is 0 Å². The van der Waals surface area contributed by atoms with Crippen LogP contribution >= 0.6 is 11.6 Å². The molecule has 0 fully saturated rings. The highest BCUT2D eigenvalue weighted by molar-refractivity contribution is 6.30. The van der Waals surface area contributed by atoms with Crippen molar-refractivity contribution in [3.05, 3.63) is 34.3 Å². The summed E-state index contributed by atoms with van der Waals surface area (Å²) in [5.74, 6) is -0.231. The fourth-order valence-electron chi connectivity index (χ4n) is 1.76. The monoisotopic (exact) mass is 283 g/mol. The van der Waals surface area contributed by atoms with Crippen molar-refractivity contribution in [2.24, 2.45) is 16.8 Å². The maximum atomic E-state index is 12.3. The van der Waals surface area contributed by atoms with Crippen LogP contribution < -0.4 is 5.73 Å². The first-order valence-corrected chi connectivity index (χ1v) is 6.23. The molecule has 0 saturated heterocycles. The van der Waals surface area contributed by atoms with Crippen LogP contribution in [0.5, 0.6) is 0 Å². The van der Waals surface area contributed by atoms with Crippen LogP contribution in [0.2, 0.25) is 5.02 Å². The van der Waals surface area contributed by atoms with Gasteiger partial charge in [0.25, 0.3) is 5.91 Å². The van der Waals surface area contributed by atoms with Gasteiger partial charge >= 0.3 is 0 Å². The number of carbonyl (C=O) groups is 1. The van der Waals surface area contributed by atoms with Crippen molar-refractivity contribution in [1.82, 2.24) is 4.90 Å². The molecule has 1 amide bonds. The summed E-state index contributed by atoms with van der Waals surface area (Å²) in [5.41, 5.74) is 6.91. The molecule has 1 aromatic carbocycles. The highest BCUT2D eigenvalue weighted by Crippen LogP contribution is 2.17. The zero-order chi connectivity index (χ0) is 14.6. The van der Waals surface area contributed by atoms with Gasteiger partial charge < -0.3 is 15.8 Å². The molecule has 0 spiro atoms. The molecule has 0 aliphatic heterocycles. The Hall–Kier alpha value is -1.75. The second kappa shape index (κ2) is 6.43. The molecule has 1 unspecified atom stereocenters. The van der Waals surface area contributed by atoms with Gasteiger partial charge in [0.15, 0.2) is 0 Å². The molecule has 0 aromatic heterocycles. The van der Waals surface area contributed by atoms with Crippen molar-refractivity contribution in [2.75, 3.05) is 13.6 Å². The van der Waals surface area contributed by atoms with E-state index in [1.165, 1.54) is 0 Å². The number of aryl methyl sites for hydroxylation is 1. The molecule has 3 N–H and O–H groups in total. The van der Waals surface area contributed by atoms with E-state index in [0.717, 1.165) is 5.56 Å². The van der Waals surface area contributed by atoms with Crippen molar-refractivity contribution in [3.63, 3.8) is 0 Å². The second-order valence-corrected chi connectivity index (χ2v) is 5.01. The summed E-state index contributed by atoms with van der Waals surface area (Å²) in [6, 6.07) is 5.13. The first-order valence-electron chi connectivity index (χ1n) is 5.85. The Balaban J connectivity index is 2.82. The van der Waals surface area contributed by atoms with E-state index in [9.17, 15) is 4.79 Å². The number of amidine groups is 1. The Bertz CT molecular complexity index is 503. The molecule has 104 valence electrons. The SMILES string of the molecule is Cc1cc(Cl)ccc1C(=O)N(C)CC(C)/C(N)=N/O. The van der Waals surface area contributed by atoms with Crippen molar-refractivity contribution in [2.45, 2.75) is 13.8 Å². The van der Waals surface area contributed by atoms with Crippen LogP contribution in [0.15, 0.2) is 23.4 Å². The van der Waals surface area contributed by atoms with Crippen LogP contribution in [-0.4, -0.2) is 35.4 Å². The zero-order valence-corrected chi connectivity index (χ0v) is 12.0. The van der Waals surface area contributed by atoms with Crippen molar-refractivity contribution < 1.29 is 10.0 Å². The van der Waals surface area contributed by atoms with Crippen molar-refractivity contribution in [3.8, 4) is 0 Å². The normalized spacial score (nSPS) is 13.2. The van der Waals surface area contributed by atoms with E-state index >= 15 is 0 Å². The number of benzene rings is 1. The Labute approximate surface area is 117 Å². The number of hydrogen-bond acceptors (Lipinski definition) is 3. The Morgan fingerprint density at radius 1 is 1.58 bits per heavy atom. The van der Waals surface area contributed by atoms with E-state index in [1.807, 2.05) is 6.92 Å². The topological polar surface area (TPSA) is 78.9 Å². The molecular weight excluding hydrogens is 266 g/mol. The summed E-state index contributed by atoms with van der Waals surface area (Å²) in [6.07, 6.45) is 0. The molecule has 6 heteroatoms. The lowest BCUT2D eigenvalue weighted by molar-refractivity contribution is 0.0785. The smallest absolute Gasteiger partial charge is 0.253 e. The Morgan fingerprint density at radius 2 is 2.21 bits per heavy atom. The van der Waals surface area contributed by atoms with Gasteiger partial charge in [-0.3, -0.25) is 4.79 Å². The summed E-state index contributed by atoms with van der Waals surface area (Å²) in [4.78, 5) is 13.8. The minimum atomic E-state index is -0.216. The average molecular weight is 284 g/mol. The van der Waals surface area contributed by atoms with Crippen molar-refractivity contribution >= 4 is 23.3 Å². The zero-order valence-electron chi connectivity index (χ0n) is 11.2. The maximum absolute atomic E-state index is 12.3. The standard InChI is InChI=1S/C13H18ClN3O2/c1-8-6-10(14)4-5-11(8)13(18)17(3)7-9(2)12(15)16-19/h4-6,9,19H,7H2,1-3H3,(H2,15,16). The van der Waals surface area contributed by atoms with Gasteiger partial charge in [-0.1, -0.05) is 23.7 Å². The fraction of sp³-hybridized carbons (Fsp3) is 0.385. The number of nitrogens with two attached hydrogens (primary N) is 1. The Kier molecular flexibility index (Phi) is 5.18. The summed E-state index contributed by atoms with van der Waals surface area (Å²) in [6.45, 7) is 3.99. The van der Waals surface area contributed by atoms with Gasteiger partial charge in [0.05, 0.1) is 0 Å². The lowest BCUT2D eigenvalue weighted by atomic mass is 10.1. The highest BCUT2D eigenvalue weighted by atomic mass is 35.5. The van der Waals surface area contributed by atoms with Gasteiger partial charge in [0, 0.05) is 30.1 Å². The largest absolute Gasteiger partial charge is 0.409 e. The number of hydrogen-bond donors (Lipinski definition) is 2. The summed E-state index contributed by atoms with van der Waals surface area (Å²) >= 11 is 5.86. The molecule has 0 saturated carbocycles. The lowest BCUT2D eigenvalue weighted by Crippen LogP contribution is -2.36. The molecule has 1 aromatic rings. The summed E-state index contributed by atoms with van der Waals surface area (Å²) in [7, 11) is 1.68. The molecule has 19 heavy (non-hydrogen) atoms. The first-order chi connectivity index (χ1) is 8.86. The van der Waals surface area contributed by atoms with Crippen LogP contribution in [0, 0.1) is 12.8 Å². The first kappa shape index (κ1) is 15.3. The van der Waals surface area contributed by atoms with E-state index in [4.69, 9.17) is 22.5 Å². The minimum Gasteiger partial charge on any atom is -0.409 e. The van der Waals surface area contributed by atoms with E-state index in [2.05, 4.69) is 5.16 Å². The third kappa shape index (κ3) is 3.86. The summed E-state index contributed by atoms with van der Waals surface area (Å²) < 4.78 is 0. The van der Waals surface area contributed by atoms with Crippen LogP contribution in [0.1, 0.15) is 22.8 Å². The van der Waals surface area contributed by atoms with Crippen LogP contribution in [0.3, 0.4) is 0 Å². The van der Waals surface area contributed by atoms with Gasteiger partial charge in [0.2, 0.25) is 0 Å². The predicted octanol–water partition coefficient (Wildman–Crippen LogP) is 2.10. The number of nitrogens with zero attached hydrogens (tertiary/aromatic N) is 2. The number of carbonyl (C=O) groups excluding carboxylic acids is 1. The molecule has 1 atom stereocenters. The molecule has 1 rings (SSSR count). The second-order valence-electron chi connectivity index (χ2n) is 4.57. The van der Waals surface area contributed by atoms with Crippen LogP contribution in [0.4, 0.5) is 0 Å². The predicted molar refractivity (Wildman–Crippen MR) is 75.7 cm³/mol. The van der Waals surface area contributed by atoms with Gasteiger partial charge in [-0.15, -0.1) is 0 Å². The van der Waals surface area contributed by atoms with Crippen molar-refractivity contribution in [1.29, 1.82) is 0 Å². The number of oxime groups is 1. The quantitative estimate of drug-likeness (QED) is 0.384. The van der Waals surface area contributed by atoms with Gasteiger partial charge in [-0.2, -0.15) is 0 Å². The van der Waals surface area contributed by atoms with E-state index in [0.29, 0.717) is 17.1 Å². The van der Waals surface area contributed by atoms with Gasteiger partial charge in [-0.05, 0) is 30.7 Å². The Morgan fingerprint density at radius 3 is 2.74 bits per heavy atom. The minimum absolute atomic E-state index is 0.104. The van der Waals surface area contributed by atoms with Gasteiger partial charge in [0.1, 0.15) is 5.84 Å². The fourth-order valence-corrected chi connectivity index (χ4v) is 1.99. The highest BCUT2D eigenvalue weighted by Gasteiger charge is 2.18. The number of halogens is 1. The molecule has 0 aliphatic rings. The molecule has 0 aliphatic carbocycles. The molecule has 5 nitrogen and oxygen atoms in total. The third-order valence-corrected chi connectivity index (χ3v) is 3.17. The summed E-state index contributed by atoms with van der Waals surface area (Å²) in [5, 5.41) is 12.1. The van der Waals surface area contributed by atoms with E-state index < -0.39 is 0 Å². The molecule has 0 radical (unpaired) electrons. The molecular formula is C13H18ClN3O2. The van der Waals surface area contributed by atoms with Gasteiger partial charge in [-0.25, -0.2) is 0 Å². The lowest BCUT2D eigenvalue weighted by Gasteiger charge is -2.21.